The van der Waals surface area contributed by atoms with Crippen molar-refractivity contribution in [2.75, 3.05) is 6.54 Å². The highest BCUT2D eigenvalue weighted by Gasteiger charge is 2.31. The maximum atomic E-state index is 12.0. The molecule has 0 fully saturated rings. The molecule has 3 nitrogen and oxygen atoms in total. The number of nitrogens with one attached hydrogen (secondary N) is 1. The minimum absolute atomic E-state index is 0.103. The number of carboxylic acid groups (broad SMARTS) is 1. The molecule has 1 rings (SSSR count). The smallest absolute Gasteiger partial charge is 0.401 e. The van der Waals surface area contributed by atoms with Crippen LogP contribution < -0.4 is 5.32 Å². The third-order valence-corrected chi connectivity index (χ3v) is 2.31. The van der Waals surface area contributed by atoms with Crippen molar-refractivity contribution >= 4 is 17.6 Å². The van der Waals surface area contributed by atoms with Crippen LogP contribution in [0.2, 0.25) is 5.02 Å². The highest BCUT2D eigenvalue weighted by Crippen LogP contribution is 2.24. The van der Waals surface area contributed by atoms with Crippen molar-refractivity contribution < 1.29 is 23.1 Å². The summed E-state index contributed by atoms with van der Waals surface area (Å²) in [5.74, 6) is -1.41. The maximum absolute atomic E-state index is 12.0. The molecule has 0 aliphatic heterocycles. The molecule has 0 bridgehead atoms. The molecule has 94 valence electrons. The largest absolute Gasteiger partial charge is 0.480 e. The minimum Gasteiger partial charge on any atom is -0.480 e. The summed E-state index contributed by atoms with van der Waals surface area (Å²) in [7, 11) is 0. The monoisotopic (exact) mass is 267 g/mol. The molecule has 7 heteroatoms. The first kappa shape index (κ1) is 13.8. The van der Waals surface area contributed by atoms with Gasteiger partial charge in [-0.3, -0.25) is 10.1 Å². The molecule has 0 aliphatic rings. The van der Waals surface area contributed by atoms with Crippen LogP contribution in [0.4, 0.5) is 13.2 Å². The lowest BCUT2D eigenvalue weighted by molar-refractivity contribution is -0.143. The van der Waals surface area contributed by atoms with Gasteiger partial charge in [0.05, 0.1) is 6.54 Å². The van der Waals surface area contributed by atoms with Crippen LogP contribution in [0, 0.1) is 0 Å². The van der Waals surface area contributed by atoms with Crippen molar-refractivity contribution in [3.8, 4) is 0 Å². The van der Waals surface area contributed by atoms with Gasteiger partial charge >= 0.3 is 12.1 Å². The molecular weight excluding hydrogens is 259 g/mol. The first-order valence-electron chi connectivity index (χ1n) is 4.58. The predicted octanol–water partition coefficient (Wildman–Crippen LogP) is 2.62. The number of benzene rings is 1. The fraction of sp³-hybridized carbons (Fsp3) is 0.300. The molecule has 1 aromatic rings. The van der Waals surface area contributed by atoms with Gasteiger partial charge in [0, 0.05) is 5.02 Å². The Labute approximate surface area is 100 Å². The number of halogens is 4. The van der Waals surface area contributed by atoms with Crippen molar-refractivity contribution in [2.45, 2.75) is 12.2 Å². The van der Waals surface area contributed by atoms with Gasteiger partial charge in [-0.15, -0.1) is 0 Å². The topological polar surface area (TPSA) is 49.3 Å². The second kappa shape index (κ2) is 5.37. The van der Waals surface area contributed by atoms with Gasteiger partial charge in [-0.2, -0.15) is 13.2 Å². The highest BCUT2D eigenvalue weighted by atomic mass is 35.5. The van der Waals surface area contributed by atoms with E-state index >= 15 is 0 Å². The molecule has 0 aromatic heterocycles. The SMILES string of the molecule is O=C(O)C(NCC(F)(F)F)c1ccccc1Cl. The van der Waals surface area contributed by atoms with Crippen molar-refractivity contribution in [3.05, 3.63) is 34.9 Å². The Morgan fingerprint density at radius 2 is 2.00 bits per heavy atom. The van der Waals surface area contributed by atoms with E-state index in [-0.39, 0.29) is 10.6 Å². The van der Waals surface area contributed by atoms with Crippen molar-refractivity contribution in [2.24, 2.45) is 0 Å². The summed E-state index contributed by atoms with van der Waals surface area (Å²) in [5, 5.41) is 10.9. The van der Waals surface area contributed by atoms with Crippen LogP contribution in [0.5, 0.6) is 0 Å². The Bertz CT molecular complexity index is 409. The average Bonchev–Trinajstić information content (AvgIpc) is 2.18. The van der Waals surface area contributed by atoms with Gasteiger partial charge in [-0.25, -0.2) is 0 Å². The Morgan fingerprint density at radius 3 is 2.47 bits per heavy atom. The Balaban J connectivity index is 2.88. The molecule has 0 spiro atoms. The molecule has 0 saturated carbocycles. The van der Waals surface area contributed by atoms with E-state index in [1.54, 1.807) is 6.07 Å². The van der Waals surface area contributed by atoms with Gasteiger partial charge in [-0.05, 0) is 11.6 Å². The Hall–Kier alpha value is -1.27. The third kappa shape index (κ3) is 4.24. The van der Waals surface area contributed by atoms with E-state index in [1.165, 1.54) is 18.2 Å². The van der Waals surface area contributed by atoms with Crippen LogP contribution in [-0.4, -0.2) is 23.8 Å². The second-order valence-electron chi connectivity index (χ2n) is 3.29. The average molecular weight is 268 g/mol. The van der Waals surface area contributed by atoms with Crippen LogP contribution in [0.3, 0.4) is 0 Å². The number of hydrogen-bond acceptors (Lipinski definition) is 2. The number of rotatable bonds is 4. The standard InChI is InChI=1S/C10H9ClF3NO2/c11-7-4-2-1-3-6(7)8(9(16)17)15-5-10(12,13)14/h1-4,8,15H,5H2,(H,16,17). The first-order chi connectivity index (χ1) is 7.81. The van der Waals surface area contributed by atoms with E-state index in [9.17, 15) is 18.0 Å². The molecule has 1 atom stereocenters. The number of hydrogen-bond donors (Lipinski definition) is 2. The quantitative estimate of drug-likeness (QED) is 0.882. The number of carboxylic acids is 1. The zero-order chi connectivity index (χ0) is 13.1. The highest BCUT2D eigenvalue weighted by molar-refractivity contribution is 6.31. The van der Waals surface area contributed by atoms with Gasteiger partial charge in [0.25, 0.3) is 0 Å². The normalized spacial score (nSPS) is 13.4. The summed E-state index contributed by atoms with van der Waals surface area (Å²) in [5.41, 5.74) is 0.103. The fourth-order valence-electron chi connectivity index (χ4n) is 1.26. The van der Waals surface area contributed by atoms with Crippen LogP contribution in [-0.2, 0) is 4.79 Å². The van der Waals surface area contributed by atoms with Crippen LogP contribution >= 0.6 is 11.6 Å². The van der Waals surface area contributed by atoms with Crippen LogP contribution in [0.15, 0.2) is 24.3 Å². The van der Waals surface area contributed by atoms with Crippen molar-refractivity contribution in [1.29, 1.82) is 0 Å². The van der Waals surface area contributed by atoms with E-state index in [0.717, 1.165) is 0 Å². The molecule has 0 amide bonds. The summed E-state index contributed by atoms with van der Waals surface area (Å²) in [6.45, 7) is -1.39. The molecule has 0 aliphatic carbocycles. The molecule has 2 N–H and O–H groups in total. The zero-order valence-electron chi connectivity index (χ0n) is 8.46. The predicted molar refractivity (Wildman–Crippen MR) is 55.9 cm³/mol. The first-order valence-corrected chi connectivity index (χ1v) is 4.96. The van der Waals surface area contributed by atoms with E-state index < -0.39 is 24.7 Å². The fourth-order valence-corrected chi connectivity index (χ4v) is 1.50. The van der Waals surface area contributed by atoms with E-state index in [1.807, 2.05) is 5.32 Å². The van der Waals surface area contributed by atoms with Crippen molar-refractivity contribution in [3.63, 3.8) is 0 Å². The molecule has 1 unspecified atom stereocenters. The molecule has 0 radical (unpaired) electrons. The number of carbonyl (C=O) groups is 1. The lowest BCUT2D eigenvalue weighted by Gasteiger charge is -2.17. The summed E-state index contributed by atoms with van der Waals surface area (Å²) in [6.07, 6.45) is -4.48. The summed E-state index contributed by atoms with van der Waals surface area (Å²) in [6, 6.07) is 4.37. The summed E-state index contributed by atoms with van der Waals surface area (Å²) >= 11 is 5.73. The van der Waals surface area contributed by atoms with Gasteiger partial charge in [0.2, 0.25) is 0 Å². The van der Waals surface area contributed by atoms with Gasteiger partial charge < -0.3 is 5.11 Å². The maximum Gasteiger partial charge on any atom is 0.401 e. The Morgan fingerprint density at radius 1 is 1.41 bits per heavy atom. The van der Waals surface area contributed by atoms with Gasteiger partial charge in [0.15, 0.2) is 0 Å². The minimum atomic E-state index is -4.48. The lowest BCUT2D eigenvalue weighted by atomic mass is 10.1. The molecule has 0 heterocycles. The molecule has 0 saturated heterocycles. The van der Waals surface area contributed by atoms with Crippen LogP contribution in [0.25, 0.3) is 0 Å². The summed E-state index contributed by atoms with van der Waals surface area (Å²) < 4.78 is 36.0. The zero-order valence-corrected chi connectivity index (χ0v) is 9.22. The number of aliphatic carboxylic acids is 1. The Kier molecular flexibility index (Phi) is 4.36. The second-order valence-corrected chi connectivity index (χ2v) is 3.70. The molecular formula is C10H9ClF3NO2. The third-order valence-electron chi connectivity index (χ3n) is 1.97. The van der Waals surface area contributed by atoms with E-state index in [2.05, 4.69) is 0 Å². The molecule has 1 aromatic carbocycles. The summed E-state index contributed by atoms with van der Waals surface area (Å²) in [4.78, 5) is 10.9. The lowest BCUT2D eigenvalue weighted by Crippen LogP contribution is -2.36. The van der Waals surface area contributed by atoms with Crippen LogP contribution in [0.1, 0.15) is 11.6 Å². The van der Waals surface area contributed by atoms with Crippen molar-refractivity contribution in [1.82, 2.24) is 5.32 Å². The van der Waals surface area contributed by atoms with Gasteiger partial charge in [-0.1, -0.05) is 29.8 Å². The van der Waals surface area contributed by atoms with E-state index in [0.29, 0.717) is 0 Å². The number of alkyl halides is 3. The van der Waals surface area contributed by atoms with Gasteiger partial charge in [0.1, 0.15) is 6.04 Å². The molecule has 17 heavy (non-hydrogen) atoms. The van der Waals surface area contributed by atoms with E-state index in [4.69, 9.17) is 16.7 Å².